The quantitative estimate of drug-likeness (QED) is 0.284. The van der Waals surface area contributed by atoms with Crippen LogP contribution in [-0.4, -0.2) is 27.9 Å². The zero-order valence-corrected chi connectivity index (χ0v) is 19.5. The predicted octanol–water partition coefficient (Wildman–Crippen LogP) is 4.43. The Hall–Kier alpha value is -4.01. The molecule has 9 nitrogen and oxygen atoms in total. The maximum atomic E-state index is 13.2. The molecule has 0 spiro atoms. The van der Waals surface area contributed by atoms with Crippen LogP contribution < -0.4 is 10.2 Å². The molecule has 36 heavy (non-hydrogen) atoms. The number of nitro groups is 1. The van der Waals surface area contributed by atoms with Crippen molar-refractivity contribution in [2.75, 3.05) is 4.90 Å². The van der Waals surface area contributed by atoms with E-state index in [0.717, 1.165) is 34.8 Å². The summed E-state index contributed by atoms with van der Waals surface area (Å²) in [7, 11) is 0. The first-order valence-corrected chi connectivity index (χ1v) is 12.2. The lowest BCUT2D eigenvalue weighted by Crippen LogP contribution is -2.54. The van der Waals surface area contributed by atoms with Crippen LogP contribution in [0.25, 0.3) is 6.08 Å². The molecule has 5 fully saturated rings. The second-order valence-electron chi connectivity index (χ2n) is 10.7. The molecule has 0 aromatic heterocycles. The van der Waals surface area contributed by atoms with E-state index < -0.39 is 39.8 Å². The van der Waals surface area contributed by atoms with Crippen LogP contribution in [0.5, 0.6) is 5.75 Å². The number of nitrogens with zero attached hydrogens (tertiary/aromatic N) is 2. The molecule has 1 aliphatic heterocycles. The van der Waals surface area contributed by atoms with Crippen LogP contribution in [0, 0.1) is 27.9 Å². The summed E-state index contributed by atoms with van der Waals surface area (Å²) in [5.41, 5.74) is 0.698. The summed E-state index contributed by atoms with van der Waals surface area (Å²) in [6.07, 6.45) is 8.64. The predicted molar refractivity (Wildman–Crippen MR) is 130 cm³/mol. The van der Waals surface area contributed by atoms with Crippen molar-refractivity contribution in [1.82, 2.24) is 5.32 Å². The molecule has 0 radical (unpaired) electrons. The molecule has 4 bridgehead atoms. The molecule has 1 saturated heterocycles. The van der Waals surface area contributed by atoms with E-state index in [4.69, 9.17) is 0 Å². The fourth-order valence-electron chi connectivity index (χ4n) is 7.29. The zero-order chi connectivity index (χ0) is 25.2. The lowest BCUT2D eigenvalue weighted by Gasteiger charge is -2.57. The number of imide groups is 2. The van der Waals surface area contributed by atoms with Gasteiger partial charge in [-0.3, -0.25) is 25.0 Å². The summed E-state index contributed by atoms with van der Waals surface area (Å²) >= 11 is 0. The van der Waals surface area contributed by atoms with Crippen molar-refractivity contribution in [2.45, 2.75) is 43.9 Å². The molecule has 2 N–H and O–H groups in total. The first-order chi connectivity index (χ1) is 17.2. The number of phenols is 1. The van der Waals surface area contributed by atoms with Crippen LogP contribution in [0.15, 0.2) is 48.0 Å². The van der Waals surface area contributed by atoms with Gasteiger partial charge in [-0.2, -0.15) is 0 Å². The van der Waals surface area contributed by atoms with Gasteiger partial charge in [0.1, 0.15) is 5.57 Å². The second-order valence-corrected chi connectivity index (χ2v) is 10.7. The highest BCUT2D eigenvalue weighted by atomic mass is 16.6. The summed E-state index contributed by atoms with van der Waals surface area (Å²) < 4.78 is 0. The van der Waals surface area contributed by atoms with Crippen molar-refractivity contribution in [3.8, 4) is 5.75 Å². The van der Waals surface area contributed by atoms with Gasteiger partial charge in [0.25, 0.3) is 11.8 Å². The topological polar surface area (TPSA) is 130 Å². The van der Waals surface area contributed by atoms with Crippen molar-refractivity contribution < 1.29 is 24.4 Å². The number of nitrogens with one attached hydrogen (secondary N) is 1. The number of rotatable bonds is 4. The number of phenolic OH excluding ortho intramolecular Hbond substituents is 1. The third kappa shape index (κ3) is 3.49. The maximum absolute atomic E-state index is 13.2. The molecular weight excluding hydrogens is 462 g/mol. The molecule has 0 atom stereocenters. The summed E-state index contributed by atoms with van der Waals surface area (Å²) in [5, 5.41) is 23.5. The first-order valence-electron chi connectivity index (χ1n) is 12.2. The molecule has 9 heteroatoms. The lowest BCUT2D eigenvalue weighted by atomic mass is 9.48. The Morgan fingerprint density at radius 2 is 1.58 bits per heavy atom. The minimum atomic E-state index is -0.933. The molecule has 2 aromatic rings. The van der Waals surface area contributed by atoms with E-state index >= 15 is 0 Å². The highest BCUT2D eigenvalue weighted by Gasteiger charge is 2.51. The van der Waals surface area contributed by atoms with Gasteiger partial charge in [0.2, 0.25) is 5.75 Å². The second kappa shape index (κ2) is 8.01. The van der Waals surface area contributed by atoms with Crippen molar-refractivity contribution in [1.29, 1.82) is 0 Å². The van der Waals surface area contributed by atoms with Crippen LogP contribution in [-0.2, 0) is 15.0 Å². The van der Waals surface area contributed by atoms with Crippen molar-refractivity contribution in [3.63, 3.8) is 0 Å². The number of hydrogen-bond acceptors (Lipinski definition) is 6. The monoisotopic (exact) mass is 487 g/mol. The SMILES string of the molecule is O=C1NC(=O)N(c2ccc(C34CC5CC(CC(C5)C3)C4)cc2)C(=O)/C1=C/c1cccc([N+](=O)[O-])c1O. The third-order valence-electron chi connectivity index (χ3n) is 8.42. The number of barbiturate groups is 1. The number of carbonyl (C=O) groups excluding carboxylic acids is 3. The first kappa shape index (κ1) is 22.5. The molecule has 0 unspecified atom stereocenters. The summed E-state index contributed by atoms with van der Waals surface area (Å²) in [6.45, 7) is 0. The molecule has 184 valence electrons. The van der Waals surface area contributed by atoms with Gasteiger partial charge >= 0.3 is 11.7 Å². The number of para-hydroxylation sites is 1. The number of aromatic hydroxyl groups is 1. The Balaban J connectivity index is 1.31. The normalized spacial score (nSPS) is 30.1. The zero-order valence-electron chi connectivity index (χ0n) is 19.5. The fourth-order valence-corrected chi connectivity index (χ4v) is 7.29. The standard InChI is InChI=1S/C27H25N3O6/c31-23-18(2-1-3-22(23)30(35)36)11-21-24(32)28-26(34)29(25(21)33)20-6-4-19(5-7-20)27-12-15-8-16(13-27)10-17(9-15)14-27/h1-7,11,15-17,31H,8-10,12-14H2,(H,28,32,34)/b21-11+. The smallest absolute Gasteiger partial charge is 0.335 e. The van der Waals surface area contributed by atoms with Crippen LogP contribution in [0.4, 0.5) is 16.2 Å². The Labute approximate surface area is 206 Å². The minimum Gasteiger partial charge on any atom is -0.502 e. The van der Waals surface area contributed by atoms with E-state index in [1.807, 2.05) is 12.1 Å². The van der Waals surface area contributed by atoms with Crippen LogP contribution >= 0.6 is 0 Å². The van der Waals surface area contributed by atoms with E-state index in [2.05, 4.69) is 5.32 Å². The molecular formula is C27H25N3O6. The van der Waals surface area contributed by atoms with Crippen molar-refractivity contribution >= 4 is 35.3 Å². The van der Waals surface area contributed by atoms with Gasteiger partial charge in [-0.1, -0.05) is 24.3 Å². The molecule has 4 aliphatic carbocycles. The molecule has 4 amide bonds. The maximum Gasteiger partial charge on any atom is 0.335 e. The van der Waals surface area contributed by atoms with Crippen LogP contribution in [0.2, 0.25) is 0 Å². The molecule has 5 aliphatic rings. The van der Waals surface area contributed by atoms with Gasteiger partial charge in [-0.05, 0) is 85.5 Å². The highest BCUT2D eigenvalue weighted by molar-refractivity contribution is 6.39. The third-order valence-corrected chi connectivity index (χ3v) is 8.42. The number of benzene rings is 2. The number of carbonyl (C=O) groups is 3. The van der Waals surface area contributed by atoms with E-state index in [1.165, 1.54) is 56.2 Å². The van der Waals surface area contributed by atoms with Crippen LogP contribution in [0.3, 0.4) is 0 Å². The number of nitro benzene ring substituents is 1. The van der Waals surface area contributed by atoms with Gasteiger partial charge in [-0.15, -0.1) is 0 Å². The molecule has 1 heterocycles. The van der Waals surface area contributed by atoms with Gasteiger partial charge in [0.15, 0.2) is 0 Å². The largest absolute Gasteiger partial charge is 0.502 e. The minimum absolute atomic E-state index is 0.0748. The highest BCUT2D eigenvalue weighted by Crippen LogP contribution is 2.60. The number of anilines is 1. The van der Waals surface area contributed by atoms with Crippen molar-refractivity contribution in [3.05, 3.63) is 69.3 Å². The van der Waals surface area contributed by atoms with E-state index in [9.17, 15) is 29.6 Å². The fraction of sp³-hybridized carbons (Fsp3) is 0.370. The van der Waals surface area contributed by atoms with Gasteiger partial charge < -0.3 is 5.11 Å². The summed E-state index contributed by atoms with van der Waals surface area (Å²) in [4.78, 5) is 49.6. The Morgan fingerprint density at radius 3 is 2.17 bits per heavy atom. The Kier molecular flexibility index (Phi) is 5.00. The Bertz CT molecular complexity index is 1310. The van der Waals surface area contributed by atoms with E-state index in [0.29, 0.717) is 5.69 Å². The van der Waals surface area contributed by atoms with Gasteiger partial charge in [0.05, 0.1) is 10.6 Å². The lowest BCUT2D eigenvalue weighted by molar-refractivity contribution is -0.385. The summed E-state index contributed by atoms with van der Waals surface area (Å²) in [6, 6.07) is 10.4. The Morgan fingerprint density at radius 1 is 0.972 bits per heavy atom. The number of amides is 4. The molecule has 2 aromatic carbocycles. The van der Waals surface area contributed by atoms with Gasteiger partial charge in [0, 0.05) is 11.6 Å². The number of hydrogen-bond donors (Lipinski definition) is 2. The van der Waals surface area contributed by atoms with E-state index in [1.54, 1.807) is 12.1 Å². The van der Waals surface area contributed by atoms with Crippen molar-refractivity contribution in [2.24, 2.45) is 17.8 Å². The van der Waals surface area contributed by atoms with E-state index in [-0.39, 0.29) is 11.0 Å². The van der Waals surface area contributed by atoms with Gasteiger partial charge in [-0.25, -0.2) is 9.69 Å². The van der Waals surface area contributed by atoms with Crippen LogP contribution in [0.1, 0.15) is 49.7 Å². The molecule has 4 saturated carbocycles. The average Bonchev–Trinajstić information content (AvgIpc) is 2.82. The average molecular weight is 488 g/mol. The number of urea groups is 1. The molecule has 7 rings (SSSR count). The summed E-state index contributed by atoms with van der Waals surface area (Å²) in [5.74, 6) is -0.105.